The van der Waals surface area contributed by atoms with Crippen molar-refractivity contribution in [3.63, 3.8) is 0 Å². The van der Waals surface area contributed by atoms with Gasteiger partial charge in [-0.15, -0.1) is 0 Å². The summed E-state index contributed by atoms with van der Waals surface area (Å²) in [5.74, 6) is 0. The van der Waals surface area contributed by atoms with Gasteiger partial charge in [0.25, 0.3) is 0 Å². The summed E-state index contributed by atoms with van der Waals surface area (Å²) in [5.41, 5.74) is 0. The summed E-state index contributed by atoms with van der Waals surface area (Å²) in [6, 6.07) is 1.99. The molecule has 0 aromatic carbocycles. The van der Waals surface area contributed by atoms with Crippen LogP contribution in [0.1, 0.15) is 49.0 Å². The first kappa shape index (κ1) is 39.4. The molecule has 0 fully saturated rings. The number of nitrogens with zero attached hydrogens (tertiary/aromatic N) is 2. The van der Waals surface area contributed by atoms with Gasteiger partial charge < -0.3 is 30.8 Å². The first-order valence-corrected chi connectivity index (χ1v) is 7.93. The molecular weight excluding hydrogens is 387 g/mol. The van der Waals surface area contributed by atoms with Gasteiger partial charge in [-0.3, -0.25) is 0 Å². The van der Waals surface area contributed by atoms with E-state index in [9.17, 15) is 0 Å². The summed E-state index contributed by atoms with van der Waals surface area (Å²) in [6.45, 7) is 15.0. The molecule has 0 aromatic heterocycles. The van der Waals surface area contributed by atoms with Crippen LogP contribution in [0.15, 0.2) is 0 Å². The molecule has 0 radical (unpaired) electrons. The van der Waals surface area contributed by atoms with Crippen LogP contribution >= 0.6 is 15.9 Å². The Morgan fingerprint density at radius 2 is 1.12 bits per heavy atom. The molecule has 0 saturated carbocycles. The fourth-order valence-electron chi connectivity index (χ4n) is 1.12. The van der Waals surface area contributed by atoms with Crippen molar-refractivity contribution in [1.29, 1.82) is 10.5 Å². The monoisotopic (exact) mass is 420 g/mol. The number of ether oxygens (including phenoxy) is 4. The molecule has 140 valence electrons. The van der Waals surface area contributed by atoms with Gasteiger partial charge in [-0.25, -0.2) is 0 Å². The van der Waals surface area contributed by atoms with Crippen molar-refractivity contribution < 1.29 is 48.5 Å². The minimum absolute atomic E-state index is 0. The summed E-state index contributed by atoms with van der Waals surface area (Å²) < 4.78 is 20.5. The van der Waals surface area contributed by atoms with Crippen molar-refractivity contribution in [2.24, 2.45) is 0 Å². The molecule has 24 heavy (non-hydrogen) atoms. The molecule has 0 aliphatic heterocycles. The Morgan fingerprint density at radius 1 is 0.833 bits per heavy atom. The normalized spacial score (nSPS) is 8.17. The van der Waals surface area contributed by atoms with Gasteiger partial charge >= 0.3 is 29.6 Å². The molecule has 0 rings (SSSR count). The number of nitriles is 1. The Kier molecular flexibility index (Phi) is 63.5. The Labute approximate surface area is 180 Å². The fraction of sp³-hybridized carbons (Fsp3) is 0.875. The van der Waals surface area contributed by atoms with Gasteiger partial charge in [-0.1, -0.05) is 30.8 Å². The van der Waals surface area contributed by atoms with Crippen LogP contribution in [0.4, 0.5) is 0 Å². The first-order valence-electron chi connectivity index (χ1n) is 6.81. The zero-order valence-electron chi connectivity index (χ0n) is 14.3. The van der Waals surface area contributed by atoms with Crippen LogP contribution < -0.4 is 29.6 Å². The topological polar surface area (TPSA) is 84.5 Å². The van der Waals surface area contributed by atoms with E-state index in [4.69, 9.17) is 36.0 Å². The standard InChI is InChI=1S/C7H13NO2.C6H13BrO2.CN.2CH4.Na/c1-3-9-7(5-6-8)10-4-2;1-3-8-6(5-7)9-4-2;1-2;;;/h7H,3-5H2,1-2H3;6H,3-5H2,1-2H3;;2*1H4;/q;;-1;;;+1. The summed E-state index contributed by atoms with van der Waals surface area (Å²) in [6.07, 6.45) is -0.0956. The zero-order valence-corrected chi connectivity index (χ0v) is 17.9. The zero-order chi connectivity index (χ0) is 16.9. The third kappa shape index (κ3) is 33.8. The van der Waals surface area contributed by atoms with E-state index in [1.165, 1.54) is 0 Å². The number of halogens is 1. The van der Waals surface area contributed by atoms with Gasteiger partial charge in [0.05, 0.1) is 17.8 Å². The molecule has 0 bridgehead atoms. The maximum absolute atomic E-state index is 8.28. The number of rotatable bonds is 10. The summed E-state index contributed by atoms with van der Waals surface area (Å²) in [5, 5.41) is 15.3. The van der Waals surface area contributed by atoms with Crippen LogP contribution in [0.2, 0.25) is 0 Å². The maximum atomic E-state index is 8.28. The van der Waals surface area contributed by atoms with Crippen molar-refractivity contribution in [3.05, 3.63) is 6.57 Å². The summed E-state index contributed by atoms with van der Waals surface area (Å²) >= 11 is 3.27. The molecule has 0 spiro atoms. The van der Waals surface area contributed by atoms with Crippen molar-refractivity contribution in [2.75, 3.05) is 31.8 Å². The van der Waals surface area contributed by atoms with Gasteiger partial charge in [0, 0.05) is 26.4 Å². The average Bonchev–Trinajstić information content (AvgIpc) is 2.50. The Hall–Kier alpha value is 0.300. The van der Waals surface area contributed by atoms with Crippen LogP contribution in [0.25, 0.3) is 0 Å². The molecule has 0 unspecified atom stereocenters. The van der Waals surface area contributed by atoms with Gasteiger partial charge in [-0.05, 0) is 27.7 Å². The molecule has 8 heteroatoms. The Bertz CT molecular complexity index is 242. The van der Waals surface area contributed by atoms with Crippen LogP contribution in [-0.4, -0.2) is 44.3 Å². The molecule has 0 aliphatic rings. The molecule has 0 aromatic rings. The second kappa shape index (κ2) is 38.7. The molecule has 0 heterocycles. The number of hydrogen-bond acceptors (Lipinski definition) is 6. The second-order valence-electron chi connectivity index (χ2n) is 3.20. The van der Waals surface area contributed by atoms with Crippen LogP contribution in [-0.2, 0) is 18.9 Å². The van der Waals surface area contributed by atoms with Gasteiger partial charge in [0.15, 0.2) is 12.6 Å². The second-order valence-corrected chi connectivity index (χ2v) is 3.84. The molecule has 0 N–H and O–H groups in total. The van der Waals surface area contributed by atoms with E-state index in [1.807, 2.05) is 33.8 Å². The summed E-state index contributed by atoms with van der Waals surface area (Å²) in [4.78, 5) is 0. The van der Waals surface area contributed by atoms with E-state index in [0.29, 0.717) is 32.8 Å². The fourth-order valence-corrected chi connectivity index (χ4v) is 1.50. The van der Waals surface area contributed by atoms with Crippen molar-refractivity contribution >= 4 is 15.9 Å². The molecule has 0 atom stereocenters. The van der Waals surface area contributed by atoms with E-state index in [2.05, 4.69) is 15.9 Å². The molecule has 0 saturated heterocycles. The van der Waals surface area contributed by atoms with Crippen LogP contribution in [0.3, 0.4) is 0 Å². The Morgan fingerprint density at radius 3 is 1.33 bits per heavy atom. The minimum atomic E-state index is -0.333. The number of alkyl halides is 1. The van der Waals surface area contributed by atoms with Crippen LogP contribution in [0, 0.1) is 23.2 Å². The quantitative estimate of drug-likeness (QED) is 0.230. The minimum Gasteiger partial charge on any atom is -0.512 e. The van der Waals surface area contributed by atoms with E-state index < -0.39 is 0 Å². The predicted molar refractivity (Wildman–Crippen MR) is 96.5 cm³/mol. The van der Waals surface area contributed by atoms with Crippen LogP contribution in [0.5, 0.6) is 0 Å². The smallest absolute Gasteiger partial charge is 0.512 e. The first-order chi connectivity index (χ1) is 10.2. The van der Waals surface area contributed by atoms with Gasteiger partial charge in [0.2, 0.25) is 0 Å². The molecule has 6 nitrogen and oxygen atoms in total. The van der Waals surface area contributed by atoms with Crippen molar-refractivity contribution in [2.45, 2.75) is 61.5 Å². The van der Waals surface area contributed by atoms with E-state index in [-0.39, 0.29) is 57.0 Å². The van der Waals surface area contributed by atoms with Crippen molar-refractivity contribution in [3.8, 4) is 6.07 Å². The van der Waals surface area contributed by atoms with Gasteiger partial charge in [0.1, 0.15) is 0 Å². The predicted octanol–water partition coefficient (Wildman–Crippen LogP) is 1.45. The molecular formula is C16H34BrN2NaO4. The van der Waals surface area contributed by atoms with E-state index in [1.54, 1.807) is 0 Å². The molecule has 0 amide bonds. The Balaban J connectivity index is -0.0000000550. The van der Waals surface area contributed by atoms with Gasteiger partial charge in [-0.2, -0.15) is 5.26 Å². The van der Waals surface area contributed by atoms with E-state index >= 15 is 0 Å². The molecule has 0 aliphatic carbocycles. The third-order valence-electron chi connectivity index (χ3n) is 1.79. The maximum Gasteiger partial charge on any atom is 1.00 e. The number of hydrogen-bond donors (Lipinski definition) is 0. The third-order valence-corrected chi connectivity index (χ3v) is 2.32. The van der Waals surface area contributed by atoms with Crippen molar-refractivity contribution in [1.82, 2.24) is 0 Å². The van der Waals surface area contributed by atoms with E-state index in [0.717, 1.165) is 5.33 Å². The SMILES string of the molecule is C.C.CCOC(CBr)OCC.CCOC(CC#N)OCC.[C-]#N.[Na+]. The average molecular weight is 421 g/mol. The largest absolute Gasteiger partial charge is 1.00 e. The summed E-state index contributed by atoms with van der Waals surface area (Å²) in [7, 11) is 0.